The molecule has 21 heavy (non-hydrogen) atoms. The van der Waals surface area contributed by atoms with E-state index >= 15 is 0 Å². The normalized spacial score (nSPS) is 13.0. The number of hydrogen-bond acceptors (Lipinski definition) is 5. The summed E-state index contributed by atoms with van der Waals surface area (Å²) in [4.78, 5) is 10.4. The summed E-state index contributed by atoms with van der Waals surface area (Å²) in [5, 5.41) is 11.2. The van der Waals surface area contributed by atoms with Gasteiger partial charge in [-0.25, -0.2) is 8.42 Å². The molecular formula is C11H12BrCl2NO5S. The van der Waals surface area contributed by atoms with Crippen molar-refractivity contribution < 1.29 is 18.1 Å². The third-order valence-electron chi connectivity index (χ3n) is 2.66. The minimum atomic E-state index is -3.66. The fraction of sp³-hybridized carbons (Fsp3) is 0.455. The average Bonchev–Trinajstić information content (AvgIpc) is 2.33. The van der Waals surface area contributed by atoms with E-state index in [-0.39, 0.29) is 34.7 Å². The van der Waals surface area contributed by atoms with Crippen LogP contribution in [0.5, 0.6) is 5.75 Å². The predicted molar refractivity (Wildman–Crippen MR) is 84.7 cm³/mol. The number of nitro benzene ring substituents is 1. The molecule has 0 N–H and O–H groups in total. The van der Waals surface area contributed by atoms with E-state index in [0.717, 1.165) is 0 Å². The molecule has 1 atom stereocenters. The lowest BCUT2D eigenvalue weighted by Gasteiger charge is -2.15. The zero-order valence-corrected chi connectivity index (χ0v) is 14.8. The van der Waals surface area contributed by atoms with E-state index in [9.17, 15) is 18.5 Å². The van der Waals surface area contributed by atoms with Gasteiger partial charge in [-0.3, -0.25) is 10.1 Å². The molecule has 0 saturated heterocycles. The van der Waals surface area contributed by atoms with Crippen LogP contribution in [-0.4, -0.2) is 25.7 Å². The number of nitro groups is 1. The van der Waals surface area contributed by atoms with Gasteiger partial charge in [-0.05, 0) is 28.4 Å². The van der Waals surface area contributed by atoms with E-state index in [4.69, 9.17) is 27.0 Å². The monoisotopic (exact) mass is 419 g/mol. The van der Waals surface area contributed by atoms with Crippen molar-refractivity contribution in [1.29, 1.82) is 0 Å². The van der Waals surface area contributed by atoms with Gasteiger partial charge >= 0.3 is 5.69 Å². The lowest BCUT2D eigenvalue weighted by Crippen LogP contribution is -2.19. The minimum absolute atomic E-state index is 0.00909. The molecule has 1 aromatic carbocycles. The summed E-state index contributed by atoms with van der Waals surface area (Å²) in [5.74, 6) is -0.617. The Kier molecular flexibility index (Phi) is 6.71. The van der Waals surface area contributed by atoms with Crippen LogP contribution in [0.3, 0.4) is 0 Å². The first-order chi connectivity index (χ1) is 9.64. The van der Waals surface area contributed by atoms with Crippen molar-refractivity contribution in [2.75, 3.05) is 12.4 Å². The Balaban J connectivity index is 2.95. The van der Waals surface area contributed by atoms with Gasteiger partial charge in [-0.15, -0.1) is 0 Å². The summed E-state index contributed by atoms with van der Waals surface area (Å²) in [6, 6.07) is 2.63. The van der Waals surface area contributed by atoms with Crippen molar-refractivity contribution in [2.24, 2.45) is 5.92 Å². The van der Waals surface area contributed by atoms with E-state index in [1.165, 1.54) is 12.1 Å². The number of hydrogen-bond donors (Lipinski definition) is 0. The molecule has 0 aliphatic heterocycles. The summed E-state index contributed by atoms with van der Waals surface area (Å²) < 4.78 is 27.9. The molecule has 10 heteroatoms. The van der Waals surface area contributed by atoms with Crippen LogP contribution in [0.1, 0.15) is 13.3 Å². The highest BCUT2D eigenvalue weighted by molar-refractivity contribution is 9.10. The highest BCUT2D eigenvalue weighted by Gasteiger charge is 2.22. The molecule has 0 spiro atoms. The Labute approximate surface area is 140 Å². The molecule has 0 amide bonds. The second-order valence-electron chi connectivity index (χ2n) is 4.28. The molecule has 118 valence electrons. The van der Waals surface area contributed by atoms with Gasteiger partial charge in [0.15, 0.2) is 0 Å². The summed E-state index contributed by atoms with van der Waals surface area (Å²) in [6.45, 7) is 1.77. The Morgan fingerprint density at radius 1 is 1.48 bits per heavy atom. The van der Waals surface area contributed by atoms with Crippen LogP contribution in [-0.2, 0) is 9.05 Å². The molecule has 6 nitrogen and oxygen atoms in total. The van der Waals surface area contributed by atoms with Crippen LogP contribution < -0.4 is 4.74 Å². The molecule has 1 rings (SSSR count). The summed E-state index contributed by atoms with van der Waals surface area (Å²) in [7, 11) is 1.55. The Hall–Kier alpha value is -0.570. The predicted octanol–water partition coefficient (Wildman–Crippen LogP) is 3.98. The second kappa shape index (κ2) is 7.62. The molecule has 0 aromatic heterocycles. The zero-order valence-electron chi connectivity index (χ0n) is 10.9. The topological polar surface area (TPSA) is 86.5 Å². The number of rotatable bonds is 7. The second-order valence-corrected chi connectivity index (χ2v) is 8.40. The molecular weight excluding hydrogens is 409 g/mol. The van der Waals surface area contributed by atoms with Gasteiger partial charge in [0.1, 0.15) is 0 Å². The van der Waals surface area contributed by atoms with Crippen LogP contribution in [0.15, 0.2) is 16.6 Å². The third kappa shape index (κ3) is 5.98. The highest BCUT2D eigenvalue weighted by atomic mass is 79.9. The Bertz CT molecular complexity index is 638. The van der Waals surface area contributed by atoms with Crippen LogP contribution in [0.25, 0.3) is 0 Å². The molecule has 0 heterocycles. The fourth-order valence-electron chi connectivity index (χ4n) is 1.59. The summed E-state index contributed by atoms with van der Waals surface area (Å²) in [6.07, 6.45) is 0.505. The maximum absolute atomic E-state index is 11.1. The summed E-state index contributed by atoms with van der Waals surface area (Å²) >= 11 is 8.90. The van der Waals surface area contributed by atoms with Gasteiger partial charge in [0, 0.05) is 27.7 Å². The average molecular weight is 421 g/mol. The van der Waals surface area contributed by atoms with Gasteiger partial charge in [0.2, 0.25) is 14.8 Å². The lowest BCUT2D eigenvalue weighted by molar-refractivity contribution is -0.386. The van der Waals surface area contributed by atoms with Crippen molar-refractivity contribution >= 4 is 53.0 Å². The van der Waals surface area contributed by atoms with Crippen LogP contribution in [0.2, 0.25) is 5.02 Å². The van der Waals surface area contributed by atoms with Crippen molar-refractivity contribution in [3.8, 4) is 5.75 Å². The first-order valence-electron chi connectivity index (χ1n) is 5.82. The molecule has 1 aromatic rings. The molecule has 0 aliphatic rings. The highest BCUT2D eigenvalue weighted by Crippen LogP contribution is 2.38. The maximum Gasteiger partial charge on any atom is 0.313 e. The van der Waals surface area contributed by atoms with Crippen LogP contribution in [0, 0.1) is 16.0 Å². The molecule has 0 fully saturated rings. The number of nitrogens with zero attached hydrogens (tertiary/aromatic N) is 1. The summed E-state index contributed by atoms with van der Waals surface area (Å²) in [5.41, 5.74) is -0.294. The van der Waals surface area contributed by atoms with E-state index < -0.39 is 14.0 Å². The maximum atomic E-state index is 11.1. The zero-order chi connectivity index (χ0) is 16.2. The largest absolute Gasteiger partial charge is 0.486 e. The van der Waals surface area contributed by atoms with Gasteiger partial charge < -0.3 is 4.74 Å². The molecule has 0 saturated carbocycles. The first kappa shape index (κ1) is 18.5. The van der Waals surface area contributed by atoms with Crippen molar-refractivity contribution in [3.05, 3.63) is 31.7 Å². The van der Waals surface area contributed by atoms with Gasteiger partial charge in [0.05, 0.1) is 21.8 Å². The molecule has 1 unspecified atom stereocenters. The van der Waals surface area contributed by atoms with E-state index in [0.29, 0.717) is 10.9 Å². The van der Waals surface area contributed by atoms with Crippen molar-refractivity contribution in [2.45, 2.75) is 13.3 Å². The van der Waals surface area contributed by atoms with Gasteiger partial charge in [0.25, 0.3) is 0 Å². The van der Waals surface area contributed by atoms with Crippen LogP contribution in [0.4, 0.5) is 5.69 Å². The Morgan fingerprint density at radius 2 is 2.10 bits per heavy atom. The minimum Gasteiger partial charge on any atom is -0.486 e. The van der Waals surface area contributed by atoms with E-state index in [1.807, 2.05) is 0 Å². The van der Waals surface area contributed by atoms with Crippen molar-refractivity contribution in [1.82, 2.24) is 0 Å². The smallest absolute Gasteiger partial charge is 0.313 e. The lowest BCUT2D eigenvalue weighted by atomic mass is 10.1. The third-order valence-corrected chi connectivity index (χ3v) is 4.72. The number of benzene rings is 1. The number of halogens is 3. The van der Waals surface area contributed by atoms with E-state index in [1.54, 1.807) is 6.92 Å². The molecule has 0 bridgehead atoms. The Morgan fingerprint density at radius 3 is 2.57 bits per heavy atom. The SMILES string of the molecule is CCC(COc1c(Br)cc(Cl)cc1[N+](=O)[O-])CS(=O)(=O)Cl. The van der Waals surface area contributed by atoms with Crippen molar-refractivity contribution in [3.63, 3.8) is 0 Å². The quantitative estimate of drug-likeness (QED) is 0.378. The standard InChI is InChI=1S/C11H12BrCl2NO5S/c1-2-7(6-21(14,18)19)5-20-11-9(12)3-8(13)4-10(11)15(16)17/h3-4,7H,2,5-6H2,1H3. The van der Waals surface area contributed by atoms with Crippen LogP contribution >= 0.6 is 38.2 Å². The molecule has 0 aliphatic carbocycles. The fourth-order valence-corrected chi connectivity index (χ4v) is 3.93. The van der Waals surface area contributed by atoms with Gasteiger partial charge in [-0.2, -0.15) is 0 Å². The van der Waals surface area contributed by atoms with E-state index in [2.05, 4.69) is 15.9 Å². The first-order valence-corrected chi connectivity index (χ1v) is 9.47. The van der Waals surface area contributed by atoms with Gasteiger partial charge in [-0.1, -0.05) is 18.5 Å². The number of ether oxygens (including phenoxy) is 1. The molecule has 0 radical (unpaired) electrons.